The van der Waals surface area contributed by atoms with Crippen molar-refractivity contribution >= 4 is 22.6 Å². The molecule has 9 heteroatoms. The van der Waals surface area contributed by atoms with E-state index in [0.29, 0.717) is 5.96 Å². The van der Waals surface area contributed by atoms with Crippen molar-refractivity contribution in [3.8, 4) is 0 Å². The van der Waals surface area contributed by atoms with Gasteiger partial charge in [-0.2, -0.15) is 4.37 Å². The van der Waals surface area contributed by atoms with Crippen molar-refractivity contribution in [3.05, 3.63) is 41.2 Å². The van der Waals surface area contributed by atoms with E-state index in [1.54, 1.807) is 7.05 Å². The van der Waals surface area contributed by atoms with Gasteiger partial charge in [0.15, 0.2) is 5.96 Å². The summed E-state index contributed by atoms with van der Waals surface area (Å²) in [5.41, 5.74) is 0.283. The zero-order valence-corrected chi connectivity index (χ0v) is 15.7. The second-order valence-electron chi connectivity index (χ2n) is 5.96. The van der Waals surface area contributed by atoms with Gasteiger partial charge in [0.1, 0.15) is 17.5 Å². The fourth-order valence-electron chi connectivity index (χ4n) is 2.81. The van der Waals surface area contributed by atoms with Crippen LogP contribution >= 0.6 is 11.5 Å². The first-order valence-corrected chi connectivity index (χ1v) is 9.35. The van der Waals surface area contributed by atoms with Gasteiger partial charge in [-0.1, -0.05) is 6.92 Å². The third kappa shape index (κ3) is 4.27. The summed E-state index contributed by atoms with van der Waals surface area (Å²) in [4.78, 5) is 13.1. The Bertz CT molecular complexity index is 770. The SMILES string of the molecule is CCc1nsc(N2CCN(C(=NC)NCc3cc(F)ccc3F)CC2)n1. The van der Waals surface area contributed by atoms with Gasteiger partial charge in [-0.25, -0.2) is 13.8 Å². The quantitative estimate of drug-likeness (QED) is 0.651. The van der Waals surface area contributed by atoms with Crippen LogP contribution in [0.3, 0.4) is 0 Å². The Morgan fingerprint density at radius 1 is 1.27 bits per heavy atom. The molecule has 2 heterocycles. The van der Waals surface area contributed by atoms with Gasteiger partial charge in [-0.15, -0.1) is 0 Å². The lowest BCUT2D eigenvalue weighted by Crippen LogP contribution is -2.52. The maximum Gasteiger partial charge on any atom is 0.205 e. The third-order valence-electron chi connectivity index (χ3n) is 4.28. The van der Waals surface area contributed by atoms with Crippen LogP contribution in [-0.2, 0) is 13.0 Å². The molecule has 0 saturated carbocycles. The molecule has 0 amide bonds. The van der Waals surface area contributed by atoms with Crippen molar-refractivity contribution in [2.24, 2.45) is 4.99 Å². The summed E-state index contributed by atoms with van der Waals surface area (Å²) in [5, 5.41) is 4.07. The van der Waals surface area contributed by atoms with Crippen LogP contribution in [0.25, 0.3) is 0 Å². The number of rotatable bonds is 4. The molecule has 3 rings (SSSR count). The third-order valence-corrected chi connectivity index (χ3v) is 5.09. The van der Waals surface area contributed by atoms with Gasteiger partial charge in [0, 0.05) is 63.3 Å². The molecule has 26 heavy (non-hydrogen) atoms. The normalized spacial score (nSPS) is 15.5. The number of aryl methyl sites for hydroxylation is 1. The first-order chi connectivity index (χ1) is 12.6. The molecule has 1 aromatic heterocycles. The number of anilines is 1. The molecule has 0 atom stereocenters. The first kappa shape index (κ1) is 18.5. The van der Waals surface area contributed by atoms with E-state index < -0.39 is 11.6 Å². The number of piperazine rings is 1. The summed E-state index contributed by atoms with van der Waals surface area (Å²) in [6.45, 7) is 5.40. The Balaban J connectivity index is 1.56. The van der Waals surface area contributed by atoms with Crippen LogP contribution in [-0.4, -0.2) is 53.4 Å². The molecule has 1 aromatic carbocycles. The van der Waals surface area contributed by atoms with E-state index in [4.69, 9.17) is 0 Å². The minimum absolute atomic E-state index is 0.187. The maximum absolute atomic E-state index is 13.8. The van der Waals surface area contributed by atoms with E-state index >= 15 is 0 Å². The lowest BCUT2D eigenvalue weighted by molar-refractivity contribution is 0.372. The van der Waals surface area contributed by atoms with E-state index in [0.717, 1.165) is 55.7 Å². The number of guanidine groups is 1. The van der Waals surface area contributed by atoms with Crippen molar-refractivity contribution in [1.82, 2.24) is 19.6 Å². The number of halogens is 2. The number of hydrogen-bond acceptors (Lipinski definition) is 5. The molecule has 6 nitrogen and oxygen atoms in total. The van der Waals surface area contributed by atoms with Crippen molar-refractivity contribution in [2.45, 2.75) is 19.9 Å². The van der Waals surface area contributed by atoms with Crippen LogP contribution in [0.1, 0.15) is 18.3 Å². The van der Waals surface area contributed by atoms with Gasteiger partial charge in [0.2, 0.25) is 5.13 Å². The zero-order chi connectivity index (χ0) is 18.5. The van der Waals surface area contributed by atoms with Gasteiger partial charge in [0.05, 0.1) is 0 Å². The average Bonchev–Trinajstić information content (AvgIpc) is 3.14. The van der Waals surface area contributed by atoms with Crippen LogP contribution in [0.5, 0.6) is 0 Å². The highest BCUT2D eigenvalue weighted by Gasteiger charge is 2.22. The van der Waals surface area contributed by atoms with E-state index in [1.807, 2.05) is 6.92 Å². The van der Waals surface area contributed by atoms with Crippen molar-refractivity contribution in [1.29, 1.82) is 0 Å². The Hall–Kier alpha value is -2.29. The van der Waals surface area contributed by atoms with E-state index in [2.05, 4.69) is 29.5 Å². The number of benzene rings is 1. The molecule has 1 aliphatic heterocycles. The smallest absolute Gasteiger partial charge is 0.205 e. The molecule has 0 aliphatic carbocycles. The van der Waals surface area contributed by atoms with Crippen LogP contribution in [0.2, 0.25) is 0 Å². The van der Waals surface area contributed by atoms with E-state index in [-0.39, 0.29) is 12.1 Å². The summed E-state index contributed by atoms with van der Waals surface area (Å²) in [7, 11) is 1.69. The molecule has 0 unspecified atom stereocenters. The topological polar surface area (TPSA) is 56.7 Å². The molecule has 1 N–H and O–H groups in total. The number of aliphatic imine (C=N–C) groups is 1. The minimum Gasteiger partial charge on any atom is -0.352 e. The second-order valence-corrected chi connectivity index (χ2v) is 6.69. The largest absolute Gasteiger partial charge is 0.352 e. The van der Waals surface area contributed by atoms with Gasteiger partial charge in [-0.3, -0.25) is 4.99 Å². The summed E-state index contributed by atoms with van der Waals surface area (Å²) >= 11 is 1.43. The highest BCUT2D eigenvalue weighted by molar-refractivity contribution is 7.09. The molecule has 0 bridgehead atoms. The van der Waals surface area contributed by atoms with Crippen molar-refractivity contribution in [2.75, 3.05) is 38.1 Å². The monoisotopic (exact) mass is 380 g/mol. The van der Waals surface area contributed by atoms with Crippen LogP contribution in [0.4, 0.5) is 13.9 Å². The zero-order valence-electron chi connectivity index (χ0n) is 14.9. The highest BCUT2D eigenvalue weighted by Crippen LogP contribution is 2.19. The molecule has 1 saturated heterocycles. The summed E-state index contributed by atoms with van der Waals surface area (Å²) in [5.74, 6) is 0.680. The van der Waals surface area contributed by atoms with Gasteiger partial charge in [-0.05, 0) is 18.2 Å². The Kier molecular flexibility index (Phi) is 5.97. The maximum atomic E-state index is 13.8. The Labute approximate surface area is 155 Å². The predicted octanol–water partition coefficient (Wildman–Crippen LogP) is 2.28. The fraction of sp³-hybridized carbons (Fsp3) is 0.471. The molecule has 1 aliphatic rings. The van der Waals surface area contributed by atoms with Crippen LogP contribution in [0.15, 0.2) is 23.2 Å². The van der Waals surface area contributed by atoms with Crippen LogP contribution < -0.4 is 10.2 Å². The predicted molar refractivity (Wildman–Crippen MR) is 99.6 cm³/mol. The fourth-order valence-corrected chi connectivity index (χ4v) is 3.61. The lowest BCUT2D eigenvalue weighted by Gasteiger charge is -2.36. The van der Waals surface area contributed by atoms with Gasteiger partial charge < -0.3 is 15.1 Å². The average molecular weight is 380 g/mol. The molecule has 2 aromatic rings. The molecular weight excluding hydrogens is 358 g/mol. The molecule has 140 valence electrons. The Morgan fingerprint density at radius 2 is 2.04 bits per heavy atom. The number of nitrogens with zero attached hydrogens (tertiary/aromatic N) is 5. The number of hydrogen-bond donors (Lipinski definition) is 1. The van der Waals surface area contributed by atoms with Crippen molar-refractivity contribution < 1.29 is 8.78 Å². The highest BCUT2D eigenvalue weighted by atomic mass is 32.1. The molecule has 1 fully saturated rings. The molecule has 0 radical (unpaired) electrons. The Morgan fingerprint density at radius 3 is 2.69 bits per heavy atom. The standard InChI is InChI=1S/C17H22F2N6S/c1-3-15-22-17(26-23-15)25-8-6-24(7-9-25)16(20-2)21-11-12-10-13(18)4-5-14(12)19/h4-5,10H,3,6-9,11H2,1-2H3,(H,20,21). The van der Waals surface area contributed by atoms with E-state index in [1.165, 1.54) is 17.6 Å². The van der Waals surface area contributed by atoms with Crippen molar-refractivity contribution in [3.63, 3.8) is 0 Å². The van der Waals surface area contributed by atoms with Gasteiger partial charge >= 0.3 is 0 Å². The second kappa shape index (κ2) is 8.39. The first-order valence-electron chi connectivity index (χ1n) is 8.57. The molecule has 0 spiro atoms. The lowest BCUT2D eigenvalue weighted by atomic mass is 10.2. The van der Waals surface area contributed by atoms with E-state index in [9.17, 15) is 8.78 Å². The minimum atomic E-state index is -0.449. The number of nitrogens with one attached hydrogen (secondary N) is 1. The van der Waals surface area contributed by atoms with Crippen LogP contribution in [0, 0.1) is 11.6 Å². The number of aromatic nitrogens is 2. The summed E-state index contributed by atoms with van der Waals surface area (Å²) < 4.78 is 31.4. The molecular formula is C17H22F2N6S. The summed E-state index contributed by atoms with van der Waals surface area (Å²) in [6.07, 6.45) is 0.837. The van der Waals surface area contributed by atoms with Gasteiger partial charge in [0.25, 0.3) is 0 Å². The summed E-state index contributed by atoms with van der Waals surface area (Å²) in [6, 6.07) is 3.46.